The summed E-state index contributed by atoms with van der Waals surface area (Å²) in [4.78, 5) is 16.4. The van der Waals surface area contributed by atoms with Gasteiger partial charge in [-0.2, -0.15) is 4.39 Å². The van der Waals surface area contributed by atoms with Crippen LogP contribution in [0.5, 0.6) is 5.75 Å². The van der Waals surface area contributed by atoms with Gasteiger partial charge in [-0.1, -0.05) is 19.9 Å². The third-order valence-corrected chi connectivity index (χ3v) is 4.85. The van der Waals surface area contributed by atoms with Crippen molar-refractivity contribution in [3.05, 3.63) is 53.4 Å². The van der Waals surface area contributed by atoms with Gasteiger partial charge in [0.2, 0.25) is 5.82 Å². The van der Waals surface area contributed by atoms with Crippen molar-refractivity contribution in [2.24, 2.45) is 0 Å². The van der Waals surface area contributed by atoms with E-state index in [1.165, 1.54) is 36.9 Å². The second-order valence-electron chi connectivity index (χ2n) is 6.94. The Labute approximate surface area is 176 Å². The standard InChI is InChI=1S/C14H18N2O2.C7H6F2O.C2H6/c1-9-5-6-13(18-9)14(17)16-11-7-10-3-2-4-12(10)15-8-11;1-10-6-4-2-3-5(8)7(6)9;1-2/h7-9,13H,2-6H2,1H3,(H,16,17);2-4H,1H3;1-2H3. The van der Waals surface area contributed by atoms with Crippen molar-refractivity contribution in [2.75, 3.05) is 12.4 Å². The number of carbonyl (C=O) groups excluding carboxylic acids is 1. The van der Waals surface area contributed by atoms with E-state index < -0.39 is 11.6 Å². The minimum absolute atomic E-state index is 0.0425. The Morgan fingerprint density at radius 1 is 1.23 bits per heavy atom. The maximum Gasteiger partial charge on any atom is 0.253 e. The molecule has 0 bridgehead atoms. The van der Waals surface area contributed by atoms with Crippen molar-refractivity contribution < 1.29 is 23.0 Å². The molecule has 0 spiro atoms. The van der Waals surface area contributed by atoms with Crippen LogP contribution in [0.4, 0.5) is 14.5 Å². The number of anilines is 1. The van der Waals surface area contributed by atoms with Gasteiger partial charge in [0.05, 0.1) is 25.1 Å². The number of nitrogens with zero attached hydrogens (tertiary/aromatic N) is 1. The number of rotatable bonds is 3. The highest BCUT2D eigenvalue weighted by Gasteiger charge is 2.28. The summed E-state index contributed by atoms with van der Waals surface area (Å²) in [5, 5.41) is 2.91. The predicted molar refractivity (Wildman–Crippen MR) is 113 cm³/mol. The topological polar surface area (TPSA) is 60.5 Å². The number of amides is 1. The number of benzene rings is 1. The molecule has 1 fully saturated rings. The lowest BCUT2D eigenvalue weighted by Gasteiger charge is -2.12. The SMILES string of the molecule is CC.CC1CCC(C(=O)Nc2cnc3c(c2)CCC3)O1.COc1cccc(F)c1F. The molecular weight excluding hydrogens is 390 g/mol. The summed E-state index contributed by atoms with van der Waals surface area (Å²) in [6.45, 7) is 6.00. The van der Waals surface area contributed by atoms with Crippen LogP contribution in [0.25, 0.3) is 0 Å². The van der Waals surface area contributed by atoms with E-state index in [0.717, 1.165) is 37.4 Å². The molecule has 1 amide bonds. The van der Waals surface area contributed by atoms with Gasteiger partial charge in [-0.15, -0.1) is 0 Å². The van der Waals surface area contributed by atoms with Crippen LogP contribution in [0.3, 0.4) is 0 Å². The Balaban J connectivity index is 0.000000228. The Hall–Kier alpha value is -2.54. The minimum atomic E-state index is -0.940. The zero-order chi connectivity index (χ0) is 22.1. The summed E-state index contributed by atoms with van der Waals surface area (Å²) in [7, 11) is 1.29. The van der Waals surface area contributed by atoms with E-state index >= 15 is 0 Å². The van der Waals surface area contributed by atoms with Gasteiger partial charge in [0.25, 0.3) is 5.91 Å². The molecule has 1 aromatic heterocycles. The molecule has 1 N–H and O–H groups in total. The highest BCUT2D eigenvalue weighted by molar-refractivity contribution is 5.94. The van der Waals surface area contributed by atoms with Crippen LogP contribution >= 0.6 is 0 Å². The molecule has 1 saturated heterocycles. The zero-order valence-corrected chi connectivity index (χ0v) is 18.0. The molecule has 1 aromatic carbocycles. The number of aryl methyl sites for hydroxylation is 2. The molecule has 2 unspecified atom stereocenters. The number of hydrogen-bond donors (Lipinski definition) is 1. The summed E-state index contributed by atoms with van der Waals surface area (Å²) in [6.07, 6.45) is 6.72. The highest BCUT2D eigenvalue weighted by atomic mass is 19.2. The maximum absolute atomic E-state index is 12.5. The molecule has 1 aliphatic heterocycles. The Kier molecular flexibility index (Phi) is 9.17. The van der Waals surface area contributed by atoms with Crippen molar-refractivity contribution in [2.45, 2.75) is 65.1 Å². The lowest BCUT2D eigenvalue weighted by atomic mass is 10.2. The summed E-state index contributed by atoms with van der Waals surface area (Å²) < 4.78 is 34.9. The largest absolute Gasteiger partial charge is 0.494 e. The molecule has 1 aliphatic carbocycles. The quantitative estimate of drug-likeness (QED) is 0.753. The number of carbonyl (C=O) groups is 1. The van der Waals surface area contributed by atoms with Crippen molar-refractivity contribution in [3.63, 3.8) is 0 Å². The van der Waals surface area contributed by atoms with E-state index in [2.05, 4.69) is 15.0 Å². The molecule has 4 rings (SSSR count). The summed E-state index contributed by atoms with van der Waals surface area (Å²) in [5.74, 6) is -1.94. The molecule has 30 heavy (non-hydrogen) atoms. The van der Waals surface area contributed by atoms with Crippen molar-refractivity contribution in [1.29, 1.82) is 0 Å². The summed E-state index contributed by atoms with van der Waals surface area (Å²) >= 11 is 0. The van der Waals surface area contributed by atoms with Crippen LogP contribution < -0.4 is 10.1 Å². The van der Waals surface area contributed by atoms with Gasteiger partial charge in [-0.3, -0.25) is 9.78 Å². The zero-order valence-electron chi connectivity index (χ0n) is 18.0. The monoisotopic (exact) mass is 420 g/mol. The molecule has 2 aliphatic rings. The van der Waals surface area contributed by atoms with E-state index in [1.807, 2.05) is 26.8 Å². The van der Waals surface area contributed by atoms with E-state index in [4.69, 9.17) is 4.74 Å². The number of aromatic nitrogens is 1. The molecule has 7 heteroatoms. The number of methoxy groups -OCH3 is 1. The normalized spacial score (nSPS) is 19.0. The predicted octanol–water partition coefficient (Wildman–Crippen LogP) is 5.08. The fraction of sp³-hybridized carbons (Fsp3) is 0.478. The molecule has 2 aromatic rings. The lowest BCUT2D eigenvalue weighted by Crippen LogP contribution is -2.27. The number of halogens is 2. The summed E-state index contributed by atoms with van der Waals surface area (Å²) in [6, 6.07) is 5.83. The average molecular weight is 421 g/mol. The highest BCUT2D eigenvalue weighted by Crippen LogP contribution is 2.24. The molecule has 0 radical (unpaired) electrons. The average Bonchev–Trinajstić information content (AvgIpc) is 3.40. The number of pyridine rings is 1. The van der Waals surface area contributed by atoms with Crippen molar-refractivity contribution in [3.8, 4) is 5.75 Å². The van der Waals surface area contributed by atoms with Gasteiger partial charge in [-0.05, 0) is 62.8 Å². The molecule has 5 nitrogen and oxygen atoms in total. The van der Waals surface area contributed by atoms with Crippen molar-refractivity contribution >= 4 is 11.6 Å². The first kappa shape index (κ1) is 23.7. The molecule has 2 heterocycles. The minimum Gasteiger partial charge on any atom is -0.494 e. The first-order valence-electron chi connectivity index (χ1n) is 10.4. The number of nitrogens with one attached hydrogen (secondary N) is 1. The van der Waals surface area contributed by atoms with Crippen molar-refractivity contribution in [1.82, 2.24) is 4.98 Å². The van der Waals surface area contributed by atoms with Gasteiger partial charge in [0.15, 0.2) is 11.6 Å². The van der Waals surface area contributed by atoms with E-state index in [-0.39, 0.29) is 23.9 Å². The van der Waals surface area contributed by atoms with Crippen LogP contribution in [-0.2, 0) is 22.4 Å². The van der Waals surface area contributed by atoms with Crippen LogP contribution in [0.1, 0.15) is 51.3 Å². The lowest BCUT2D eigenvalue weighted by molar-refractivity contribution is -0.126. The van der Waals surface area contributed by atoms with Gasteiger partial charge >= 0.3 is 0 Å². The Bertz CT molecular complexity index is 845. The third kappa shape index (κ3) is 6.23. The molecule has 2 atom stereocenters. The van der Waals surface area contributed by atoms with Crippen LogP contribution in [0, 0.1) is 11.6 Å². The third-order valence-electron chi connectivity index (χ3n) is 4.85. The van der Waals surface area contributed by atoms with E-state index in [1.54, 1.807) is 6.20 Å². The fourth-order valence-corrected chi connectivity index (χ4v) is 3.35. The second-order valence-corrected chi connectivity index (χ2v) is 6.94. The Morgan fingerprint density at radius 3 is 2.63 bits per heavy atom. The second kappa shape index (κ2) is 11.6. The van der Waals surface area contributed by atoms with Crippen LogP contribution in [0.15, 0.2) is 30.5 Å². The smallest absolute Gasteiger partial charge is 0.253 e. The number of hydrogen-bond acceptors (Lipinski definition) is 4. The fourth-order valence-electron chi connectivity index (χ4n) is 3.35. The summed E-state index contributed by atoms with van der Waals surface area (Å²) in [5.41, 5.74) is 3.25. The van der Waals surface area contributed by atoms with Gasteiger partial charge in [-0.25, -0.2) is 4.39 Å². The van der Waals surface area contributed by atoms with E-state index in [9.17, 15) is 13.6 Å². The number of fused-ring (bicyclic) bond motifs is 1. The van der Waals surface area contributed by atoms with Gasteiger partial charge in [0.1, 0.15) is 6.10 Å². The molecule has 0 saturated carbocycles. The molecule has 164 valence electrons. The Morgan fingerprint density at radius 2 is 2.00 bits per heavy atom. The van der Waals surface area contributed by atoms with E-state index in [0.29, 0.717) is 0 Å². The maximum atomic E-state index is 12.5. The number of ether oxygens (including phenoxy) is 2. The van der Waals surface area contributed by atoms with Crippen LogP contribution in [-0.4, -0.2) is 30.2 Å². The first-order valence-corrected chi connectivity index (χ1v) is 10.4. The molecular formula is C23H30F2N2O3. The van der Waals surface area contributed by atoms with Gasteiger partial charge < -0.3 is 14.8 Å². The first-order chi connectivity index (χ1) is 14.5. The van der Waals surface area contributed by atoms with Crippen LogP contribution in [0.2, 0.25) is 0 Å². The van der Waals surface area contributed by atoms with Gasteiger partial charge in [0, 0.05) is 5.69 Å².